The summed E-state index contributed by atoms with van der Waals surface area (Å²) in [6.45, 7) is 3.62. The van der Waals surface area contributed by atoms with Crippen LogP contribution in [-0.2, 0) is 4.79 Å². The van der Waals surface area contributed by atoms with Crippen LogP contribution in [-0.4, -0.2) is 23.4 Å². The first-order valence-electron chi connectivity index (χ1n) is 5.49. The fourth-order valence-corrected chi connectivity index (χ4v) is 1.69. The molecule has 0 aliphatic carbocycles. The first-order valence-corrected chi connectivity index (χ1v) is 6.25. The normalized spacial score (nSPS) is 10.0. The molecule has 0 saturated carbocycles. The summed E-state index contributed by atoms with van der Waals surface area (Å²) in [4.78, 5) is 24.3. The monoisotopic (exact) mass is 288 g/mol. The molecular weight excluding hydrogens is 275 g/mol. The highest BCUT2D eigenvalue weighted by Gasteiger charge is 2.16. The molecule has 1 aromatic rings. The number of hydrogen-bond donors (Lipinski definition) is 1. The van der Waals surface area contributed by atoms with E-state index in [4.69, 9.17) is 23.2 Å². The number of hydrogen-bond acceptors (Lipinski definition) is 2. The van der Waals surface area contributed by atoms with Gasteiger partial charge < -0.3 is 5.32 Å². The molecule has 18 heavy (non-hydrogen) atoms. The Balaban J connectivity index is 2.79. The zero-order valence-corrected chi connectivity index (χ0v) is 11.7. The molecule has 0 atom stereocenters. The van der Waals surface area contributed by atoms with Gasteiger partial charge in [0.05, 0.1) is 10.0 Å². The van der Waals surface area contributed by atoms with Gasteiger partial charge in [-0.05, 0) is 24.6 Å². The number of imide groups is 1. The number of carbonyl (C=O) groups excluding carboxylic acids is 2. The average molecular weight is 289 g/mol. The Labute approximate surface area is 116 Å². The first kappa shape index (κ1) is 14.8. The largest absolute Gasteiger partial charge is 0.328 e. The zero-order valence-electron chi connectivity index (χ0n) is 10.2. The quantitative estimate of drug-likeness (QED) is 0.920. The van der Waals surface area contributed by atoms with Gasteiger partial charge in [-0.2, -0.15) is 0 Å². The van der Waals surface area contributed by atoms with Crippen molar-refractivity contribution < 1.29 is 9.59 Å². The lowest BCUT2D eigenvalue weighted by atomic mass is 10.3. The first-order chi connectivity index (χ1) is 8.45. The Morgan fingerprint density at radius 2 is 1.94 bits per heavy atom. The Bertz CT molecular complexity index is 463. The van der Waals surface area contributed by atoms with Crippen LogP contribution in [0.1, 0.15) is 20.3 Å². The summed E-state index contributed by atoms with van der Waals surface area (Å²) in [5.74, 6) is -0.297. The maximum absolute atomic E-state index is 11.9. The molecule has 98 valence electrons. The van der Waals surface area contributed by atoms with Gasteiger partial charge in [-0.15, -0.1) is 0 Å². The highest BCUT2D eigenvalue weighted by atomic mass is 35.5. The second-order valence-corrected chi connectivity index (χ2v) is 4.54. The lowest BCUT2D eigenvalue weighted by molar-refractivity contribution is -0.125. The Kier molecular flexibility index (Phi) is 5.44. The van der Waals surface area contributed by atoms with Gasteiger partial charge in [0.1, 0.15) is 0 Å². The number of amides is 3. The van der Waals surface area contributed by atoms with E-state index in [-0.39, 0.29) is 5.91 Å². The Morgan fingerprint density at radius 1 is 1.28 bits per heavy atom. The van der Waals surface area contributed by atoms with E-state index in [1.807, 2.05) is 6.92 Å². The smallest absolute Gasteiger partial charge is 0.307 e. The van der Waals surface area contributed by atoms with Crippen molar-refractivity contribution >= 4 is 40.8 Å². The molecule has 0 fully saturated rings. The maximum Gasteiger partial charge on any atom is 0.328 e. The molecule has 0 bridgehead atoms. The molecule has 0 aromatic heterocycles. The van der Waals surface area contributed by atoms with Crippen molar-refractivity contribution in [2.75, 3.05) is 11.9 Å². The van der Waals surface area contributed by atoms with Crippen molar-refractivity contribution in [2.24, 2.45) is 0 Å². The molecule has 0 aliphatic heterocycles. The molecule has 1 rings (SSSR count). The molecular formula is C12H14Cl2N2O2. The van der Waals surface area contributed by atoms with Crippen molar-refractivity contribution in [3.8, 4) is 0 Å². The van der Waals surface area contributed by atoms with Crippen molar-refractivity contribution in [2.45, 2.75) is 20.3 Å². The third-order valence-electron chi connectivity index (χ3n) is 2.24. The van der Waals surface area contributed by atoms with Gasteiger partial charge in [0.15, 0.2) is 0 Å². The van der Waals surface area contributed by atoms with Gasteiger partial charge in [-0.1, -0.05) is 30.1 Å². The fraction of sp³-hybridized carbons (Fsp3) is 0.333. The lowest BCUT2D eigenvalue weighted by Gasteiger charge is -2.19. The number of anilines is 1. The van der Waals surface area contributed by atoms with Crippen LogP contribution in [0.25, 0.3) is 0 Å². The molecule has 0 unspecified atom stereocenters. The number of nitrogens with zero attached hydrogens (tertiary/aromatic N) is 1. The van der Waals surface area contributed by atoms with E-state index in [1.54, 1.807) is 12.1 Å². The number of rotatable bonds is 3. The van der Waals surface area contributed by atoms with E-state index < -0.39 is 6.03 Å². The summed E-state index contributed by atoms with van der Waals surface area (Å²) in [7, 11) is 0. The van der Waals surface area contributed by atoms with Gasteiger partial charge in [-0.25, -0.2) is 4.79 Å². The maximum atomic E-state index is 11.9. The predicted molar refractivity (Wildman–Crippen MR) is 73.2 cm³/mol. The summed E-state index contributed by atoms with van der Waals surface area (Å²) < 4.78 is 0. The van der Waals surface area contributed by atoms with Crippen LogP contribution >= 0.6 is 23.2 Å². The van der Waals surface area contributed by atoms with Crippen molar-refractivity contribution in [3.63, 3.8) is 0 Å². The lowest BCUT2D eigenvalue weighted by Crippen LogP contribution is -2.39. The Morgan fingerprint density at radius 3 is 2.44 bits per heavy atom. The number of carbonyl (C=O) groups is 2. The van der Waals surface area contributed by atoms with E-state index in [2.05, 4.69) is 5.32 Å². The fourth-order valence-electron chi connectivity index (χ4n) is 1.39. The molecule has 0 aliphatic rings. The molecule has 1 aromatic carbocycles. The average Bonchev–Trinajstić information content (AvgIpc) is 2.30. The summed E-state index contributed by atoms with van der Waals surface area (Å²) in [5.41, 5.74) is 0.497. The third-order valence-corrected chi connectivity index (χ3v) is 2.98. The third kappa shape index (κ3) is 3.89. The number of urea groups is 1. The van der Waals surface area contributed by atoms with E-state index in [1.165, 1.54) is 13.0 Å². The van der Waals surface area contributed by atoms with Gasteiger partial charge >= 0.3 is 6.03 Å². The van der Waals surface area contributed by atoms with Gasteiger partial charge in [0, 0.05) is 19.2 Å². The molecule has 6 heteroatoms. The summed E-state index contributed by atoms with van der Waals surface area (Å²) in [6, 6.07) is 4.27. The van der Waals surface area contributed by atoms with Gasteiger partial charge in [0.2, 0.25) is 5.91 Å². The van der Waals surface area contributed by atoms with E-state index in [0.29, 0.717) is 28.7 Å². The minimum Gasteiger partial charge on any atom is -0.307 e. The zero-order chi connectivity index (χ0) is 13.7. The molecule has 0 saturated heterocycles. The van der Waals surface area contributed by atoms with Crippen LogP contribution in [0.5, 0.6) is 0 Å². The van der Waals surface area contributed by atoms with Crippen LogP contribution in [0.3, 0.4) is 0 Å². The molecule has 1 N–H and O–H groups in total. The topological polar surface area (TPSA) is 49.4 Å². The molecule has 0 spiro atoms. The SMILES string of the molecule is CCCN(C(C)=O)C(=O)Nc1ccc(Cl)c(Cl)c1. The predicted octanol–water partition coefficient (Wildman–Crippen LogP) is 3.78. The summed E-state index contributed by atoms with van der Waals surface area (Å²) in [6.07, 6.45) is 0.703. The van der Waals surface area contributed by atoms with E-state index in [0.717, 1.165) is 4.90 Å². The number of benzene rings is 1. The van der Waals surface area contributed by atoms with Crippen molar-refractivity contribution in [3.05, 3.63) is 28.2 Å². The minimum atomic E-state index is -0.470. The Hall–Kier alpha value is -1.26. The molecule has 0 radical (unpaired) electrons. The minimum absolute atomic E-state index is 0.297. The summed E-state index contributed by atoms with van der Waals surface area (Å²) >= 11 is 11.6. The second-order valence-electron chi connectivity index (χ2n) is 3.73. The summed E-state index contributed by atoms with van der Waals surface area (Å²) in [5, 5.41) is 3.35. The number of halogens is 2. The van der Waals surface area contributed by atoms with E-state index >= 15 is 0 Å². The van der Waals surface area contributed by atoms with Crippen molar-refractivity contribution in [1.82, 2.24) is 4.90 Å². The van der Waals surface area contributed by atoms with Gasteiger partial charge in [0.25, 0.3) is 0 Å². The molecule has 3 amide bonds. The van der Waals surface area contributed by atoms with Crippen LogP contribution in [0, 0.1) is 0 Å². The van der Waals surface area contributed by atoms with Crippen LogP contribution in [0.15, 0.2) is 18.2 Å². The van der Waals surface area contributed by atoms with Gasteiger partial charge in [-0.3, -0.25) is 9.69 Å². The molecule has 4 nitrogen and oxygen atoms in total. The van der Waals surface area contributed by atoms with Crippen molar-refractivity contribution in [1.29, 1.82) is 0 Å². The number of nitrogens with one attached hydrogen (secondary N) is 1. The highest BCUT2D eigenvalue weighted by molar-refractivity contribution is 6.42. The molecule has 0 heterocycles. The second kappa shape index (κ2) is 6.61. The van der Waals surface area contributed by atoms with E-state index in [9.17, 15) is 9.59 Å². The van der Waals surface area contributed by atoms with Crippen LogP contribution in [0.4, 0.5) is 10.5 Å². The highest BCUT2D eigenvalue weighted by Crippen LogP contribution is 2.25. The van der Waals surface area contributed by atoms with Crippen LogP contribution < -0.4 is 5.32 Å². The van der Waals surface area contributed by atoms with Crippen LogP contribution in [0.2, 0.25) is 10.0 Å². The standard InChI is InChI=1S/C12H14Cl2N2O2/c1-3-6-16(8(2)17)12(18)15-9-4-5-10(13)11(14)7-9/h4-5,7H,3,6H2,1-2H3,(H,15,18).